The Bertz CT molecular complexity index is 330. The summed E-state index contributed by atoms with van der Waals surface area (Å²) >= 11 is 1.17. The van der Waals surface area contributed by atoms with Crippen LogP contribution in [-0.2, 0) is 0 Å². The smallest absolute Gasteiger partial charge is 0.323 e. The maximum Gasteiger partial charge on any atom is 0.324 e. The molecule has 0 aliphatic rings. The van der Waals surface area contributed by atoms with Crippen molar-refractivity contribution >= 4 is 28.7 Å². The number of halogens is 1. The number of rotatable bonds is 4. The van der Waals surface area contributed by atoms with Crippen LogP contribution in [0.3, 0.4) is 0 Å². The maximum atomic E-state index is 10.5. The molecular formula is C9H15ClN2O2S. The second-order valence-electron chi connectivity index (χ2n) is 3.34. The lowest BCUT2D eigenvalue weighted by molar-refractivity contribution is -0.380. The lowest BCUT2D eigenvalue weighted by atomic mass is 9.99. The van der Waals surface area contributed by atoms with Crippen LogP contribution < -0.4 is 5.73 Å². The van der Waals surface area contributed by atoms with Gasteiger partial charge in [0.1, 0.15) is 0 Å². The summed E-state index contributed by atoms with van der Waals surface area (Å²) < 4.78 is 0. The van der Waals surface area contributed by atoms with E-state index in [0.29, 0.717) is 5.92 Å². The number of nitrogens with two attached hydrogens (primary N) is 1. The van der Waals surface area contributed by atoms with E-state index in [4.69, 9.17) is 5.73 Å². The van der Waals surface area contributed by atoms with Crippen molar-refractivity contribution in [1.82, 2.24) is 0 Å². The molecule has 6 heteroatoms. The predicted molar refractivity (Wildman–Crippen MR) is 64.6 cm³/mol. The number of hydrogen-bond donors (Lipinski definition) is 1. The minimum absolute atomic E-state index is 0. The van der Waals surface area contributed by atoms with Crippen LogP contribution in [0.4, 0.5) is 5.00 Å². The van der Waals surface area contributed by atoms with Crippen molar-refractivity contribution in [3.05, 3.63) is 27.1 Å². The standard InChI is InChI=1S/C9H14N2O2S.ClH/c1-3-6(2)9(10)7-4-5-8(14-7)11(12)13;/h4-6,9H,3,10H2,1-2H3;1H/t6?,9-;/m1./s1. The van der Waals surface area contributed by atoms with Gasteiger partial charge in [-0.25, -0.2) is 0 Å². The number of nitrogens with zero attached hydrogens (tertiary/aromatic N) is 1. The van der Waals surface area contributed by atoms with Crippen LogP contribution in [-0.4, -0.2) is 4.92 Å². The molecule has 1 aromatic rings. The summed E-state index contributed by atoms with van der Waals surface area (Å²) in [5, 5.41) is 10.6. The summed E-state index contributed by atoms with van der Waals surface area (Å²) in [4.78, 5) is 11.0. The van der Waals surface area contributed by atoms with E-state index in [1.165, 1.54) is 17.4 Å². The van der Waals surface area contributed by atoms with Gasteiger partial charge in [-0.15, -0.1) is 12.4 Å². The summed E-state index contributed by atoms with van der Waals surface area (Å²) in [6.07, 6.45) is 0.979. The van der Waals surface area contributed by atoms with Crippen LogP contribution in [0.1, 0.15) is 31.2 Å². The van der Waals surface area contributed by atoms with Gasteiger partial charge in [-0.3, -0.25) is 10.1 Å². The Morgan fingerprint density at radius 3 is 2.60 bits per heavy atom. The minimum Gasteiger partial charge on any atom is -0.323 e. The van der Waals surface area contributed by atoms with E-state index >= 15 is 0 Å². The molecule has 0 aliphatic carbocycles. The molecule has 15 heavy (non-hydrogen) atoms. The average Bonchev–Trinajstić information content (AvgIpc) is 2.64. The Morgan fingerprint density at radius 2 is 2.20 bits per heavy atom. The Kier molecular flexibility index (Phi) is 5.79. The molecule has 86 valence electrons. The van der Waals surface area contributed by atoms with E-state index in [2.05, 4.69) is 13.8 Å². The molecule has 0 saturated carbocycles. The lowest BCUT2D eigenvalue weighted by Gasteiger charge is -2.15. The first kappa shape index (κ1) is 14.3. The zero-order valence-electron chi connectivity index (χ0n) is 8.67. The van der Waals surface area contributed by atoms with Crippen molar-refractivity contribution in [3.63, 3.8) is 0 Å². The van der Waals surface area contributed by atoms with Crippen molar-refractivity contribution < 1.29 is 4.92 Å². The van der Waals surface area contributed by atoms with E-state index in [1.807, 2.05) is 0 Å². The molecule has 0 radical (unpaired) electrons. The van der Waals surface area contributed by atoms with Crippen LogP contribution in [0.15, 0.2) is 12.1 Å². The SMILES string of the molecule is CCC(C)[C@@H](N)c1ccc([N+](=O)[O-])s1.Cl. The third-order valence-corrected chi connectivity index (χ3v) is 3.52. The maximum absolute atomic E-state index is 10.5. The molecule has 2 atom stereocenters. The molecule has 1 unspecified atom stereocenters. The van der Waals surface area contributed by atoms with Gasteiger partial charge in [-0.1, -0.05) is 31.6 Å². The molecule has 2 N–H and O–H groups in total. The van der Waals surface area contributed by atoms with Gasteiger partial charge >= 0.3 is 5.00 Å². The van der Waals surface area contributed by atoms with Crippen LogP contribution in [0.2, 0.25) is 0 Å². The number of hydrogen-bond acceptors (Lipinski definition) is 4. The monoisotopic (exact) mass is 250 g/mol. The Balaban J connectivity index is 0.00000196. The normalized spacial score (nSPS) is 14.1. The van der Waals surface area contributed by atoms with Gasteiger partial charge in [-0.05, 0) is 12.0 Å². The van der Waals surface area contributed by atoms with E-state index in [-0.39, 0.29) is 28.4 Å². The van der Waals surface area contributed by atoms with Crippen LogP contribution in [0, 0.1) is 16.0 Å². The largest absolute Gasteiger partial charge is 0.324 e. The Hall–Kier alpha value is -0.650. The summed E-state index contributed by atoms with van der Waals surface area (Å²) in [6.45, 7) is 4.11. The van der Waals surface area contributed by atoms with Gasteiger partial charge in [-0.2, -0.15) is 0 Å². The van der Waals surface area contributed by atoms with Crippen molar-refractivity contribution in [2.75, 3.05) is 0 Å². The first-order valence-electron chi connectivity index (χ1n) is 4.56. The summed E-state index contributed by atoms with van der Waals surface area (Å²) in [7, 11) is 0. The first-order valence-corrected chi connectivity index (χ1v) is 5.37. The molecule has 0 aliphatic heterocycles. The quantitative estimate of drug-likeness (QED) is 0.659. The molecule has 1 aromatic heterocycles. The molecule has 1 heterocycles. The predicted octanol–water partition coefficient (Wildman–Crippen LogP) is 3.12. The van der Waals surface area contributed by atoms with E-state index in [9.17, 15) is 10.1 Å². The number of nitro groups is 1. The van der Waals surface area contributed by atoms with E-state index in [1.54, 1.807) is 6.07 Å². The van der Waals surface area contributed by atoms with Crippen LogP contribution >= 0.6 is 23.7 Å². The van der Waals surface area contributed by atoms with Crippen molar-refractivity contribution in [2.45, 2.75) is 26.3 Å². The van der Waals surface area contributed by atoms with Gasteiger partial charge in [0.2, 0.25) is 0 Å². The fraction of sp³-hybridized carbons (Fsp3) is 0.556. The Labute approximate surface area is 99.0 Å². The highest BCUT2D eigenvalue weighted by Gasteiger charge is 2.18. The molecule has 1 rings (SSSR count). The molecular weight excluding hydrogens is 236 g/mol. The first-order chi connectivity index (χ1) is 6.56. The summed E-state index contributed by atoms with van der Waals surface area (Å²) in [6, 6.07) is 3.18. The molecule has 0 spiro atoms. The van der Waals surface area contributed by atoms with Crippen molar-refractivity contribution in [3.8, 4) is 0 Å². The summed E-state index contributed by atoms with van der Waals surface area (Å²) in [5.41, 5.74) is 5.95. The highest BCUT2D eigenvalue weighted by Crippen LogP contribution is 2.31. The zero-order chi connectivity index (χ0) is 10.7. The highest BCUT2D eigenvalue weighted by molar-refractivity contribution is 7.15. The van der Waals surface area contributed by atoms with Crippen molar-refractivity contribution in [1.29, 1.82) is 0 Å². The fourth-order valence-electron chi connectivity index (χ4n) is 1.15. The van der Waals surface area contributed by atoms with Gasteiger partial charge in [0, 0.05) is 17.0 Å². The highest BCUT2D eigenvalue weighted by atomic mass is 35.5. The lowest BCUT2D eigenvalue weighted by Crippen LogP contribution is -2.16. The fourth-order valence-corrected chi connectivity index (χ4v) is 2.11. The molecule has 0 fully saturated rings. The molecule has 4 nitrogen and oxygen atoms in total. The van der Waals surface area contributed by atoms with Gasteiger partial charge < -0.3 is 5.73 Å². The molecule has 0 amide bonds. The van der Waals surface area contributed by atoms with Gasteiger partial charge in [0.15, 0.2) is 0 Å². The van der Waals surface area contributed by atoms with Gasteiger partial charge in [0.05, 0.1) is 4.92 Å². The van der Waals surface area contributed by atoms with Crippen LogP contribution in [0.5, 0.6) is 0 Å². The average molecular weight is 251 g/mol. The molecule has 0 aromatic carbocycles. The van der Waals surface area contributed by atoms with E-state index < -0.39 is 0 Å². The molecule has 0 bridgehead atoms. The van der Waals surface area contributed by atoms with Crippen LogP contribution in [0.25, 0.3) is 0 Å². The second kappa shape index (κ2) is 6.05. The molecule has 0 saturated heterocycles. The van der Waals surface area contributed by atoms with E-state index in [0.717, 1.165) is 11.3 Å². The third kappa shape index (κ3) is 3.44. The topological polar surface area (TPSA) is 69.2 Å². The third-order valence-electron chi connectivity index (χ3n) is 2.38. The van der Waals surface area contributed by atoms with Crippen molar-refractivity contribution in [2.24, 2.45) is 11.7 Å². The minimum atomic E-state index is -0.377. The van der Waals surface area contributed by atoms with Gasteiger partial charge in [0.25, 0.3) is 0 Å². The number of thiophene rings is 1. The second-order valence-corrected chi connectivity index (χ2v) is 4.44. The Morgan fingerprint density at radius 1 is 1.60 bits per heavy atom. The zero-order valence-corrected chi connectivity index (χ0v) is 10.3. The summed E-state index contributed by atoms with van der Waals surface area (Å²) in [5.74, 6) is 0.355.